The lowest BCUT2D eigenvalue weighted by Crippen LogP contribution is -2.15. The first-order valence-corrected chi connectivity index (χ1v) is 9.59. The zero-order valence-corrected chi connectivity index (χ0v) is 15.4. The molecular weight excluding hydrogens is 356 g/mol. The summed E-state index contributed by atoms with van der Waals surface area (Å²) in [6.45, 7) is 4.62. The van der Waals surface area contributed by atoms with Crippen LogP contribution in [0.4, 0.5) is 5.82 Å². The van der Waals surface area contributed by atoms with Gasteiger partial charge in [-0.2, -0.15) is 0 Å². The number of aryl methyl sites for hydroxylation is 3. The Hall–Kier alpha value is -2.32. The Bertz CT molecular complexity index is 1140. The van der Waals surface area contributed by atoms with E-state index in [0.717, 1.165) is 21.3 Å². The molecular formula is C17H16N4O2S2. The molecule has 128 valence electrons. The number of hydrogen-bond donors (Lipinski definition) is 1. The number of benzene rings is 1. The van der Waals surface area contributed by atoms with E-state index in [-0.39, 0.29) is 5.76 Å². The van der Waals surface area contributed by atoms with Gasteiger partial charge in [-0.15, -0.1) is 11.3 Å². The average molecular weight is 372 g/mol. The lowest BCUT2D eigenvalue weighted by atomic mass is 10.2. The van der Waals surface area contributed by atoms with Crippen molar-refractivity contribution < 1.29 is 4.42 Å². The summed E-state index contributed by atoms with van der Waals surface area (Å²) < 4.78 is 6.87. The fraction of sp³-hybridized carbons (Fsp3) is 0.235. The van der Waals surface area contributed by atoms with Crippen LogP contribution in [0.2, 0.25) is 0 Å². The maximum absolute atomic E-state index is 12.0. The van der Waals surface area contributed by atoms with Crippen molar-refractivity contribution in [3.63, 3.8) is 0 Å². The molecule has 0 aliphatic heterocycles. The zero-order valence-electron chi connectivity index (χ0n) is 13.8. The van der Waals surface area contributed by atoms with Crippen LogP contribution in [0.25, 0.3) is 21.3 Å². The highest BCUT2D eigenvalue weighted by Crippen LogP contribution is 2.33. The van der Waals surface area contributed by atoms with Gasteiger partial charge in [-0.25, -0.2) is 14.8 Å². The Labute approximate surface area is 151 Å². The fourth-order valence-corrected chi connectivity index (χ4v) is 4.65. The van der Waals surface area contributed by atoms with E-state index < -0.39 is 0 Å². The molecule has 0 saturated heterocycles. The summed E-state index contributed by atoms with van der Waals surface area (Å²) in [5.74, 6) is 0.819. The lowest BCUT2D eigenvalue weighted by Gasteiger charge is -2.04. The second-order valence-corrected chi connectivity index (χ2v) is 7.96. The largest absolute Gasteiger partial charge is 0.419 e. The zero-order chi connectivity index (χ0) is 17.6. The van der Waals surface area contributed by atoms with Gasteiger partial charge >= 0.3 is 5.76 Å². The van der Waals surface area contributed by atoms with Gasteiger partial charge in [0.15, 0.2) is 10.7 Å². The van der Waals surface area contributed by atoms with E-state index in [9.17, 15) is 4.79 Å². The van der Waals surface area contributed by atoms with Gasteiger partial charge in [-0.05, 0) is 31.5 Å². The molecule has 0 radical (unpaired) electrons. The number of hydrogen-bond acceptors (Lipinski definition) is 7. The first-order chi connectivity index (χ1) is 12.0. The number of anilines is 1. The number of nitrogens with two attached hydrogens (primary N) is 1. The van der Waals surface area contributed by atoms with Gasteiger partial charge in [0.25, 0.3) is 0 Å². The molecule has 0 bridgehead atoms. The molecule has 0 spiro atoms. The predicted octanol–water partition coefficient (Wildman–Crippen LogP) is 3.59. The smallest absolute Gasteiger partial charge is 0.408 e. The van der Waals surface area contributed by atoms with E-state index in [0.29, 0.717) is 28.9 Å². The van der Waals surface area contributed by atoms with Crippen molar-refractivity contribution in [2.75, 3.05) is 11.5 Å². The third-order valence-electron chi connectivity index (χ3n) is 4.16. The average Bonchev–Trinajstić information content (AvgIpc) is 3.04. The Kier molecular flexibility index (Phi) is 4.01. The van der Waals surface area contributed by atoms with Crippen molar-refractivity contribution >= 4 is 50.2 Å². The highest BCUT2D eigenvalue weighted by molar-refractivity contribution is 7.99. The Morgan fingerprint density at radius 3 is 2.92 bits per heavy atom. The molecule has 8 heteroatoms. The molecule has 4 aromatic rings. The van der Waals surface area contributed by atoms with Crippen LogP contribution < -0.4 is 11.5 Å². The van der Waals surface area contributed by atoms with Gasteiger partial charge in [0.05, 0.1) is 10.9 Å². The van der Waals surface area contributed by atoms with Gasteiger partial charge < -0.3 is 10.2 Å². The van der Waals surface area contributed by atoms with Crippen LogP contribution in [0.3, 0.4) is 0 Å². The quantitative estimate of drug-likeness (QED) is 0.435. The number of thiophene rings is 1. The number of thioether (sulfide) groups is 1. The number of aromatic nitrogens is 3. The normalized spacial score (nSPS) is 11.6. The second kappa shape index (κ2) is 6.20. The van der Waals surface area contributed by atoms with Crippen LogP contribution in [0.1, 0.15) is 10.4 Å². The van der Waals surface area contributed by atoms with E-state index in [1.165, 1.54) is 16.6 Å². The van der Waals surface area contributed by atoms with E-state index in [2.05, 4.69) is 16.9 Å². The second-order valence-electron chi connectivity index (χ2n) is 5.69. The van der Waals surface area contributed by atoms with Crippen LogP contribution >= 0.6 is 23.1 Å². The van der Waals surface area contributed by atoms with E-state index >= 15 is 0 Å². The molecule has 4 rings (SSSR count). The maximum Gasteiger partial charge on any atom is 0.419 e. The Morgan fingerprint density at radius 1 is 1.28 bits per heavy atom. The summed E-state index contributed by atoms with van der Waals surface area (Å²) in [5.41, 5.74) is 8.65. The van der Waals surface area contributed by atoms with Crippen LogP contribution in [0.15, 0.2) is 38.6 Å². The van der Waals surface area contributed by atoms with Crippen LogP contribution in [0, 0.1) is 13.8 Å². The van der Waals surface area contributed by atoms with Crippen LogP contribution in [0.5, 0.6) is 0 Å². The van der Waals surface area contributed by atoms with Gasteiger partial charge in [0.1, 0.15) is 10.6 Å². The van der Waals surface area contributed by atoms with Crippen molar-refractivity contribution in [3.8, 4) is 0 Å². The summed E-state index contributed by atoms with van der Waals surface area (Å²) in [6.07, 6.45) is 0. The van der Waals surface area contributed by atoms with Crippen molar-refractivity contribution in [1.29, 1.82) is 0 Å². The third kappa shape index (κ3) is 2.81. The molecule has 0 unspecified atom stereocenters. The Balaban J connectivity index is 1.56. The van der Waals surface area contributed by atoms with Gasteiger partial charge in [0.2, 0.25) is 0 Å². The van der Waals surface area contributed by atoms with Gasteiger partial charge in [-0.3, -0.25) is 4.57 Å². The van der Waals surface area contributed by atoms with Crippen molar-refractivity contribution in [1.82, 2.24) is 14.5 Å². The highest BCUT2D eigenvalue weighted by Gasteiger charge is 2.13. The minimum absolute atomic E-state index is 0.345. The minimum Gasteiger partial charge on any atom is -0.408 e. The molecule has 0 aliphatic rings. The van der Waals surface area contributed by atoms with Crippen molar-refractivity contribution in [2.45, 2.75) is 25.5 Å². The first-order valence-electron chi connectivity index (χ1n) is 7.79. The molecule has 0 saturated carbocycles. The summed E-state index contributed by atoms with van der Waals surface area (Å²) in [6, 6.07) is 7.41. The van der Waals surface area contributed by atoms with E-state index in [4.69, 9.17) is 10.2 Å². The number of oxazole rings is 1. The van der Waals surface area contributed by atoms with E-state index in [1.807, 2.05) is 25.1 Å². The minimum atomic E-state index is -0.345. The molecule has 1 aromatic carbocycles. The highest BCUT2D eigenvalue weighted by atomic mass is 32.2. The van der Waals surface area contributed by atoms with Crippen LogP contribution in [-0.4, -0.2) is 20.3 Å². The summed E-state index contributed by atoms with van der Waals surface area (Å²) in [7, 11) is 0. The molecule has 25 heavy (non-hydrogen) atoms. The molecule has 0 atom stereocenters. The SMILES string of the molecule is Cc1sc2nc(SCCn3c(=O)oc4ccccc43)nc(N)c2c1C. The maximum atomic E-state index is 12.0. The van der Waals surface area contributed by atoms with Crippen molar-refractivity contribution in [2.24, 2.45) is 0 Å². The molecule has 3 aromatic heterocycles. The standard InChI is InChI=1S/C17H16N4O2S2/c1-9-10(2)25-15-13(9)14(18)19-16(20-15)24-8-7-21-11-5-3-4-6-12(11)23-17(21)22/h3-6H,7-8H2,1-2H3,(H2,18,19,20). The number of nitrogens with zero attached hydrogens (tertiary/aromatic N) is 3. The van der Waals surface area contributed by atoms with Gasteiger partial charge in [0, 0.05) is 17.2 Å². The Morgan fingerprint density at radius 2 is 2.08 bits per heavy atom. The summed E-state index contributed by atoms with van der Waals surface area (Å²) in [5, 5.41) is 1.58. The third-order valence-corrected chi connectivity index (χ3v) is 6.08. The lowest BCUT2D eigenvalue weighted by molar-refractivity contribution is 0.514. The molecule has 2 N–H and O–H groups in total. The number of para-hydroxylation sites is 2. The molecule has 3 heterocycles. The topological polar surface area (TPSA) is 86.9 Å². The molecule has 0 fully saturated rings. The fourth-order valence-electron chi connectivity index (χ4n) is 2.78. The molecule has 0 aliphatic carbocycles. The van der Waals surface area contributed by atoms with Crippen LogP contribution in [-0.2, 0) is 6.54 Å². The van der Waals surface area contributed by atoms with E-state index in [1.54, 1.807) is 22.0 Å². The monoisotopic (exact) mass is 372 g/mol. The molecule has 0 amide bonds. The first kappa shape index (κ1) is 16.2. The van der Waals surface area contributed by atoms with Gasteiger partial charge in [-0.1, -0.05) is 23.9 Å². The summed E-state index contributed by atoms with van der Waals surface area (Å²) in [4.78, 5) is 23.1. The van der Waals surface area contributed by atoms with Crippen molar-refractivity contribution in [3.05, 3.63) is 45.3 Å². The number of rotatable bonds is 4. The summed E-state index contributed by atoms with van der Waals surface area (Å²) >= 11 is 3.11. The predicted molar refractivity (Wildman–Crippen MR) is 102 cm³/mol. The number of fused-ring (bicyclic) bond motifs is 2. The number of nitrogen functional groups attached to an aromatic ring is 1. The molecule has 6 nitrogen and oxygen atoms in total.